The van der Waals surface area contributed by atoms with Crippen molar-refractivity contribution in [3.8, 4) is 0 Å². The van der Waals surface area contributed by atoms with Crippen molar-refractivity contribution in [3.05, 3.63) is 99.3 Å². The van der Waals surface area contributed by atoms with E-state index in [2.05, 4.69) is 20.9 Å². The first-order valence-electron chi connectivity index (χ1n) is 10.0. The zero-order valence-corrected chi connectivity index (χ0v) is 19.7. The van der Waals surface area contributed by atoms with Crippen molar-refractivity contribution in [1.82, 2.24) is 4.98 Å². The van der Waals surface area contributed by atoms with Crippen LogP contribution in [0.25, 0.3) is 16.0 Å². The molecule has 2 heterocycles. The maximum Gasteiger partial charge on any atom is 0.301 e. The smallest absolute Gasteiger partial charge is 0.301 e. The lowest BCUT2D eigenvalue weighted by Crippen LogP contribution is -2.29. The second-order valence-electron chi connectivity index (χ2n) is 7.70. The van der Waals surface area contributed by atoms with Crippen LogP contribution in [0.4, 0.5) is 9.52 Å². The Labute approximate surface area is 200 Å². The predicted octanol–water partition coefficient (Wildman–Crippen LogP) is 6.13. The Morgan fingerprint density at radius 1 is 1.09 bits per heavy atom. The third-order valence-corrected chi connectivity index (χ3v) is 6.99. The van der Waals surface area contributed by atoms with Crippen molar-refractivity contribution in [3.63, 3.8) is 0 Å². The zero-order chi connectivity index (χ0) is 23.3. The van der Waals surface area contributed by atoms with Crippen LogP contribution in [0.5, 0.6) is 0 Å². The van der Waals surface area contributed by atoms with Gasteiger partial charge in [0.05, 0.1) is 21.8 Å². The van der Waals surface area contributed by atoms with Crippen LogP contribution in [0.1, 0.15) is 22.7 Å². The molecule has 0 saturated carbocycles. The van der Waals surface area contributed by atoms with Gasteiger partial charge >= 0.3 is 5.91 Å². The molecule has 1 N–H and O–H groups in total. The summed E-state index contributed by atoms with van der Waals surface area (Å²) in [6.45, 7) is 1.92. The summed E-state index contributed by atoms with van der Waals surface area (Å²) in [4.78, 5) is 32.2. The Balaban J connectivity index is 1.74. The zero-order valence-electron chi connectivity index (χ0n) is 17.3. The molecule has 5 nitrogen and oxygen atoms in total. The molecule has 0 radical (unpaired) electrons. The van der Waals surface area contributed by atoms with E-state index in [1.54, 1.807) is 30.3 Å². The van der Waals surface area contributed by atoms with Gasteiger partial charge in [-0.05, 0) is 42.8 Å². The monoisotopic (exact) mass is 522 g/mol. The number of aliphatic hydroxyl groups excluding tert-OH is 1. The van der Waals surface area contributed by atoms with Crippen LogP contribution in [0.3, 0.4) is 0 Å². The number of halogens is 2. The lowest BCUT2D eigenvalue weighted by molar-refractivity contribution is -0.132. The molecule has 1 fully saturated rings. The number of anilines is 1. The van der Waals surface area contributed by atoms with E-state index in [4.69, 9.17) is 0 Å². The van der Waals surface area contributed by atoms with Crippen LogP contribution in [-0.2, 0) is 9.59 Å². The Bertz CT molecular complexity index is 1460. The van der Waals surface area contributed by atoms with E-state index in [1.807, 2.05) is 25.1 Å². The number of hydrogen-bond acceptors (Lipinski definition) is 5. The third-order valence-electron chi connectivity index (χ3n) is 5.48. The summed E-state index contributed by atoms with van der Waals surface area (Å²) in [6.07, 6.45) is 0. The van der Waals surface area contributed by atoms with Crippen LogP contribution < -0.4 is 4.90 Å². The molecule has 0 aliphatic carbocycles. The van der Waals surface area contributed by atoms with Crippen LogP contribution in [0, 0.1) is 12.7 Å². The van der Waals surface area contributed by atoms with Gasteiger partial charge in [-0.15, -0.1) is 0 Å². The van der Waals surface area contributed by atoms with E-state index >= 15 is 0 Å². The lowest BCUT2D eigenvalue weighted by atomic mass is 9.95. The molecule has 1 aromatic heterocycles. The van der Waals surface area contributed by atoms with Gasteiger partial charge in [-0.2, -0.15) is 0 Å². The van der Waals surface area contributed by atoms with Crippen molar-refractivity contribution in [2.75, 3.05) is 4.90 Å². The number of benzene rings is 3. The fourth-order valence-corrected chi connectivity index (χ4v) is 5.31. The highest BCUT2D eigenvalue weighted by atomic mass is 79.9. The molecule has 164 valence electrons. The highest BCUT2D eigenvalue weighted by Crippen LogP contribution is 2.44. The van der Waals surface area contributed by atoms with Gasteiger partial charge in [0.2, 0.25) is 0 Å². The minimum Gasteiger partial charge on any atom is -0.507 e. The number of aromatic nitrogens is 1. The molecule has 33 heavy (non-hydrogen) atoms. The van der Waals surface area contributed by atoms with Gasteiger partial charge < -0.3 is 5.11 Å². The molecular formula is C25H16BrFN2O3S. The summed E-state index contributed by atoms with van der Waals surface area (Å²) in [5, 5.41) is 11.4. The maximum absolute atomic E-state index is 13.7. The summed E-state index contributed by atoms with van der Waals surface area (Å²) in [7, 11) is 0. The van der Waals surface area contributed by atoms with Gasteiger partial charge in [0.1, 0.15) is 11.6 Å². The molecule has 0 unspecified atom stereocenters. The molecule has 1 aliphatic heterocycles. The van der Waals surface area contributed by atoms with Gasteiger partial charge in [-0.3, -0.25) is 14.5 Å². The van der Waals surface area contributed by atoms with E-state index in [0.29, 0.717) is 21.3 Å². The van der Waals surface area contributed by atoms with E-state index in [9.17, 15) is 19.1 Å². The number of aryl methyl sites for hydroxylation is 1. The summed E-state index contributed by atoms with van der Waals surface area (Å²) in [5.74, 6) is -2.27. The first kappa shape index (κ1) is 21.5. The van der Waals surface area contributed by atoms with Crippen molar-refractivity contribution in [1.29, 1.82) is 0 Å². The molecule has 0 spiro atoms. The minimum absolute atomic E-state index is 0.0209. The molecule has 1 amide bonds. The molecule has 1 atom stereocenters. The molecule has 1 saturated heterocycles. The van der Waals surface area contributed by atoms with E-state index < -0.39 is 23.5 Å². The second kappa shape index (κ2) is 8.20. The van der Waals surface area contributed by atoms with Gasteiger partial charge in [-0.1, -0.05) is 69.2 Å². The summed E-state index contributed by atoms with van der Waals surface area (Å²) >= 11 is 4.55. The average molecular weight is 523 g/mol. The van der Waals surface area contributed by atoms with Crippen LogP contribution >= 0.6 is 27.3 Å². The van der Waals surface area contributed by atoms with Crippen molar-refractivity contribution < 1.29 is 19.1 Å². The van der Waals surface area contributed by atoms with Crippen molar-refractivity contribution >= 4 is 60.1 Å². The summed E-state index contributed by atoms with van der Waals surface area (Å²) in [6, 6.07) is 17.5. The van der Waals surface area contributed by atoms with Gasteiger partial charge in [0.15, 0.2) is 5.13 Å². The first-order chi connectivity index (χ1) is 15.8. The van der Waals surface area contributed by atoms with Crippen molar-refractivity contribution in [2.45, 2.75) is 13.0 Å². The number of nitrogens with zero attached hydrogens (tertiary/aromatic N) is 2. The Morgan fingerprint density at radius 3 is 2.58 bits per heavy atom. The number of carbonyl (C=O) groups is 2. The number of aliphatic hydroxyl groups is 1. The normalized spacial score (nSPS) is 17.8. The standard InChI is InChI=1S/C25H16BrFN2O3S/c1-13-5-7-14(8-6-13)22(30)20-21(15-3-2-4-16(26)11-15)29(24(32)23(20)31)25-28-18-10-9-17(27)12-19(18)33-25/h2-12,21,30H,1H3/b22-20+/t21-/m0/s1. The fourth-order valence-electron chi connectivity index (χ4n) is 3.88. The average Bonchev–Trinajstić information content (AvgIpc) is 3.32. The fraction of sp³-hybridized carbons (Fsp3) is 0.0800. The minimum atomic E-state index is -0.894. The molecule has 8 heteroatoms. The largest absolute Gasteiger partial charge is 0.507 e. The van der Waals surface area contributed by atoms with E-state index in [1.165, 1.54) is 23.1 Å². The molecule has 5 rings (SSSR count). The SMILES string of the molecule is Cc1ccc(/C(O)=C2\C(=O)C(=O)N(c3nc4ccc(F)cc4s3)[C@H]2c2cccc(Br)c2)cc1. The topological polar surface area (TPSA) is 70.5 Å². The molecular weight excluding hydrogens is 507 g/mol. The van der Waals surface area contributed by atoms with Gasteiger partial charge in [0, 0.05) is 10.0 Å². The van der Waals surface area contributed by atoms with E-state index in [0.717, 1.165) is 21.4 Å². The second-order valence-corrected chi connectivity index (χ2v) is 9.62. The Hall–Kier alpha value is -3.36. The molecule has 4 aromatic rings. The van der Waals surface area contributed by atoms with Crippen LogP contribution in [0.15, 0.2) is 76.8 Å². The maximum atomic E-state index is 13.7. The number of fused-ring (bicyclic) bond motifs is 1. The third kappa shape index (κ3) is 3.75. The van der Waals surface area contributed by atoms with Crippen LogP contribution in [0.2, 0.25) is 0 Å². The van der Waals surface area contributed by atoms with E-state index in [-0.39, 0.29) is 16.5 Å². The predicted molar refractivity (Wildman–Crippen MR) is 130 cm³/mol. The van der Waals surface area contributed by atoms with Crippen molar-refractivity contribution in [2.24, 2.45) is 0 Å². The Morgan fingerprint density at radius 2 is 1.85 bits per heavy atom. The summed E-state index contributed by atoms with van der Waals surface area (Å²) < 4.78 is 15.0. The van der Waals surface area contributed by atoms with Crippen LogP contribution in [-0.4, -0.2) is 21.8 Å². The number of hydrogen-bond donors (Lipinski definition) is 1. The number of ketones is 1. The van der Waals surface area contributed by atoms with Gasteiger partial charge in [0.25, 0.3) is 5.78 Å². The number of amides is 1. The molecule has 0 bridgehead atoms. The lowest BCUT2D eigenvalue weighted by Gasteiger charge is -2.23. The number of rotatable bonds is 3. The Kier molecular flexibility index (Phi) is 5.34. The number of Topliss-reactive ketones (excluding diaryl/α,β-unsaturated/α-hetero) is 1. The molecule has 1 aliphatic rings. The first-order valence-corrected chi connectivity index (χ1v) is 11.6. The highest BCUT2D eigenvalue weighted by molar-refractivity contribution is 9.10. The number of carbonyl (C=O) groups excluding carboxylic acids is 2. The molecule has 3 aromatic carbocycles. The number of thiazole rings is 1. The highest BCUT2D eigenvalue weighted by Gasteiger charge is 2.48. The quantitative estimate of drug-likeness (QED) is 0.199. The van der Waals surface area contributed by atoms with Gasteiger partial charge in [-0.25, -0.2) is 9.37 Å². The summed E-state index contributed by atoms with van der Waals surface area (Å²) in [5.41, 5.74) is 2.56.